The number of aromatic nitrogens is 4. The second kappa shape index (κ2) is 3.73. The molecule has 0 aliphatic carbocycles. The summed E-state index contributed by atoms with van der Waals surface area (Å²) in [6.07, 6.45) is 4.46. The summed E-state index contributed by atoms with van der Waals surface area (Å²) in [5.74, 6) is 0. The summed E-state index contributed by atoms with van der Waals surface area (Å²) in [5, 5.41) is 0. The Hall–Kier alpha value is -2.10. The Kier molecular flexibility index (Phi) is 2.21. The quantitative estimate of drug-likeness (QED) is 0.596. The predicted molar refractivity (Wildman–Crippen MR) is 66.7 cm³/mol. The summed E-state index contributed by atoms with van der Waals surface area (Å²) in [6, 6.07) is 3.93. The Bertz CT molecular complexity index is 706. The highest BCUT2D eigenvalue weighted by molar-refractivity contribution is 5.85. The van der Waals surface area contributed by atoms with Gasteiger partial charge in [-0.05, 0) is 25.5 Å². The number of fused-ring (bicyclic) bond motifs is 2. The average molecular weight is 224 g/mol. The van der Waals surface area contributed by atoms with Crippen LogP contribution < -0.4 is 0 Å². The van der Waals surface area contributed by atoms with Gasteiger partial charge in [-0.15, -0.1) is 0 Å². The third kappa shape index (κ3) is 1.71. The van der Waals surface area contributed by atoms with Crippen molar-refractivity contribution in [3.63, 3.8) is 0 Å². The van der Waals surface area contributed by atoms with Gasteiger partial charge in [0.1, 0.15) is 11.0 Å². The first-order valence-electron chi connectivity index (χ1n) is 5.65. The van der Waals surface area contributed by atoms with Gasteiger partial charge < -0.3 is 0 Å². The van der Waals surface area contributed by atoms with Crippen LogP contribution in [0.25, 0.3) is 22.1 Å². The minimum absolute atomic E-state index is 0.830. The SMILES string of the molecule is CCc1cc2nc3cnc(C)cc3nc2cn1. The molecule has 0 bridgehead atoms. The molecule has 0 aliphatic rings. The third-order valence-electron chi connectivity index (χ3n) is 2.76. The van der Waals surface area contributed by atoms with Gasteiger partial charge in [-0.1, -0.05) is 6.92 Å². The van der Waals surface area contributed by atoms with Crippen LogP contribution in [0.3, 0.4) is 0 Å². The predicted octanol–water partition coefficient (Wildman–Crippen LogP) is 2.44. The molecule has 4 nitrogen and oxygen atoms in total. The van der Waals surface area contributed by atoms with E-state index in [4.69, 9.17) is 0 Å². The van der Waals surface area contributed by atoms with E-state index >= 15 is 0 Å². The Morgan fingerprint density at radius 3 is 2.24 bits per heavy atom. The zero-order valence-electron chi connectivity index (χ0n) is 9.81. The summed E-state index contributed by atoms with van der Waals surface area (Å²) in [4.78, 5) is 17.7. The lowest BCUT2D eigenvalue weighted by atomic mass is 10.2. The molecule has 0 aromatic carbocycles. The minimum Gasteiger partial charge on any atom is -0.259 e. The maximum absolute atomic E-state index is 4.56. The summed E-state index contributed by atoms with van der Waals surface area (Å²) in [7, 11) is 0. The molecule has 0 fully saturated rings. The average Bonchev–Trinajstić information content (AvgIpc) is 2.35. The zero-order valence-corrected chi connectivity index (χ0v) is 9.81. The van der Waals surface area contributed by atoms with Crippen LogP contribution in [0.1, 0.15) is 18.3 Å². The summed E-state index contributed by atoms with van der Waals surface area (Å²) < 4.78 is 0. The Balaban J connectivity index is 2.35. The van der Waals surface area contributed by atoms with E-state index in [2.05, 4.69) is 26.9 Å². The molecule has 0 saturated carbocycles. The van der Waals surface area contributed by atoms with Crippen molar-refractivity contribution in [2.24, 2.45) is 0 Å². The van der Waals surface area contributed by atoms with Crippen molar-refractivity contribution in [3.8, 4) is 0 Å². The topological polar surface area (TPSA) is 51.6 Å². The molecular formula is C13H12N4. The summed E-state index contributed by atoms with van der Waals surface area (Å²) in [6.45, 7) is 4.03. The van der Waals surface area contributed by atoms with Gasteiger partial charge in [0.05, 0.1) is 23.4 Å². The van der Waals surface area contributed by atoms with Gasteiger partial charge in [0, 0.05) is 11.4 Å². The van der Waals surface area contributed by atoms with Gasteiger partial charge in [0.2, 0.25) is 0 Å². The first-order chi connectivity index (χ1) is 8.26. The molecule has 3 heterocycles. The highest BCUT2D eigenvalue weighted by Crippen LogP contribution is 2.16. The van der Waals surface area contributed by atoms with Crippen LogP contribution in [-0.4, -0.2) is 19.9 Å². The maximum atomic E-state index is 4.56. The van der Waals surface area contributed by atoms with Crippen LogP contribution in [0, 0.1) is 6.92 Å². The van der Waals surface area contributed by atoms with Gasteiger partial charge in [-0.25, -0.2) is 9.97 Å². The van der Waals surface area contributed by atoms with E-state index in [0.717, 1.165) is 39.9 Å². The number of pyridine rings is 2. The first-order valence-corrected chi connectivity index (χ1v) is 5.65. The molecule has 0 atom stereocenters. The van der Waals surface area contributed by atoms with Crippen molar-refractivity contribution >= 4 is 22.1 Å². The van der Waals surface area contributed by atoms with E-state index in [1.807, 2.05) is 19.1 Å². The fourth-order valence-electron chi connectivity index (χ4n) is 1.82. The Morgan fingerprint density at radius 2 is 1.53 bits per heavy atom. The highest BCUT2D eigenvalue weighted by Gasteiger charge is 2.03. The molecule has 4 heteroatoms. The van der Waals surface area contributed by atoms with Crippen LogP contribution in [0.15, 0.2) is 24.5 Å². The largest absolute Gasteiger partial charge is 0.259 e. The van der Waals surface area contributed by atoms with Crippen LogP contribution in [0.4, 0.5) is 0 Å². The lowest BCUT2D eigenvalue weighted by molar-refractivity contribution is 1.04. The van der Waals surface area contributed by atoms with Crippen molar-refractivity contribution in [1.82, 2.24) is 19.9 Å². The van der Waals surface area contributed by atoms with E-state index in [9.17, 15) is 0 Å². The Morgan fingerprint density at radius 1 is 0.882 bits per heavy atom. The van der Waals surface area contributed by atoms with E-state index in [-0.39, 0.29) is 0 Å². The van der Waals surface area contributed by atoms with Gasteiger partial charge >= 0.3 is 0 Å². The molecule has 0 N–H and O–H groups in total. The van der Waals surface area contributed by atoms with Crippen molar-refractivity contribution in [3.05, 3.63) is 35.9 Å². The third-order valence-corrected chi connectivity index (χ3v) is 2.76. The second-order valence-electron chi connectivity index (χ2n) is 4.06. The van der Waals surface area contributed by atoms with Crippen LogP contribution in [-0.2, 0) is 6.42 Å². The van der Waals surface area contributed by atoms with E-state index in [1.54, 1.807) is 12.4 Å². The van der Waals surface area contributed by atoms with Gasteiger partial charge in [-0.2, -0.15) is 0 Å². The molecule has 17 heavy (non-hydrogen) atoms. The highest BCUT2D eigenvalue weighted by atomic mass is 14.9. The monoisotopic (exact) mass is 224 g/mol. The molecule has 0 spiro atoms. The molecule has 3 aromatic rings. The van der Waals surface area contributed by atoms with E-state index < -0.39 is 0 Å². The van der Waals surface area contributed by atoms with Gasteiger partial charge in [0.25, 0.3) is 0 Å². The summed E-state index contributed by atoms with van der Waals surface area (Å²) >= 11 is 0. The minimum atomic E-state index is 0.830. The summed E-state index contributed by atoms with van der Waals surface area (Å²) in [5.41, 5.74) is 5.40. The van der Waals surface area contributed by atoms with Gasteiger partial charge in [0.15, 0.2) is 0 Å². The molecular weight excluding hydrogens is 212 g/mol. The van der Waals surface area contributed by atoms with E-state index in [0.29, 0.717) is 0 Å². The molecule has 84 valence electrons. The lowest BCUT2D eigenvalue weighted by Crippen LogP contribution is -1.93. The lowest BCUT2D eigenvalue weighted by Gasteiger charge is -2.02. The molecule has 0 amide bonds. The first kappa shape index (κ1) is 10.1. The molecule has 3 rings (SSSR count). The van der Waals surface area contributed by atoms with Gasteiger partial charge in [-0.3, -0.25) is 9.97 Å². The van der Waals surface area contributed by atoms with Crippen LogP contribution in [0.2, 0.25) is 0 Å². The van der Waals surface area contributed by atoms with Crippen molar-refractivity contribution < 1.29 is 0 Å². The normalized spacial score (nSPS) is 11.2. The number of rotatable bonds is 1. The zero-order chi connectivity index (χ0) is 11.8. The molecule has 0 radical (unpaired) electrons. The molecule has 0 aliphatic heterocycles. The van der Waals surface area contributed by atoms with Crippen LogP contribution in [0.5, 0.6) is 0 Å². The smallest absolute Gasteiger partial charge is 0.108 e. The van der Waals surface area contributed by atoms with Crippen molar-refractivity contribution in [2.75, 3.05) is 0 Å². The number of nitrogens with zero attached hydrogens (tertiary/aromatic N) is 4. The second-order valence-corrected chi connectivity index (χ2v) is 4.06. The maximum Gasteiger partial charge on any atom is 0.108 e. The fraction of sp³-hybridized carbons (Fsp3) is 0.231. The number of hydrogen-bond acceptors (Lipinski definition) is 4. The van der Waals surface area contributed by atoms with Crippen LogP contribution >= 0.6 is 0 Å². The van der Waals surface area contributed by atoms with Crippen molar-refractivity contribution in [2.45, 2.75) is 20.3 Å². The van der Waals surface area contributed by atoms with Crippen molar-refractivity contribution in [1.29, 1.82) is 0 Å². The number of aryl methyl sites for hydroxylation is 2. The van der Waals surface area contributed by atoms with E-state index in [1.165, 1.54) is 0 Å². The molecule has 0 saturated heterocycles. The number of hydrogen-bond donors (Lipinski definition) is 0. The Labute approximate surface area is 98.8 Å². The fourth-order valence-corrected chi connectivity index (χ4v) is 1.82. The molecule has 0 unspecified atom stereocenters. The molecule has 3 aromatic heterocycles. The standard InChI is InChI=1S/C13H12N4/c1-3-9-5-11-13(7-15-9)16-10-4-8(2)14-6-12(10)17-11/h4-7H,3H2,1-2H3.